The summed E-state index contributed by atoms with van der Waals surface area (Å²) < 4.78 is 11.8. The summed E-state index contributed by atoms with van der Waals surface area (Å²) in [6.07, 6.45) is 7.74. The highest BCUT2D eigenvalue weighted by atomic mass is 35.5. The van der Waals surface area contributed by atoms with Gasteiger partial charge in [-0.05, 0) is 62.3 Å². The lowest BCUT2D eigenvalue weighted by atomic mass is 9.90. The minimum atomic E-state index is 0. The number of ether oxygens (including phenoxy) is 2. The third-order valence-electron chi connectivity index (χ3n) is 6.46. The Morgan fingerprint density at radius 3 is 2.55 bits per heavy atom. The molecule has 2 saturated heterocycles. The molecule has 5 rings (SSSR count). The Hall–Kier alpha value is -1.99. The molecule has 6 nitrogen and oxygen atoms in total. The molecular weight excluding hydrogens is 483 g/mol. The van der Waals surface area contributed by atoms with E-state index in [2.05, 4.69) is 20.6 Å². The summed E-state index contributed by atoms with van der Waals surface area (Å²) in [5.74, 6) is 2.75. The summed E-state index contributed by atoms with van der Waals surface area (Å²) in [5.41, 5.74) is 1.56. The first-order valence-corrected chi connectivity index (χ1v) is 11.8. The third kappa shape index (κ3) is 5.40. The maximum absolute atomic E-state index is 6.16. The summed E-state index contributed by atoms with van der Waals surface area (Å²) in [4.78, 5) is 8.84. The van der Waals surface area contributed by atoms with Crippen molar-refractivity contribution in [3.05, 3.63) is 46.7 Å². The zero-order valence-corrected chi connectivity index (χ0v) is 20.6. The summed E-state index contributed by atoms with van der Waals surface area (Å²) in [6.45, 7) is 0.672. The number of hydrogen-bond acceptors (Lipinski definition) is 6. The van der Waals surface area contributed by atoms with Crippen molar-refractivity contribution in [2.45, 2.75) is 44.2 Å². The molecule has 2 fully saturated rings. The highest BCUT2D eigenvalue weighted by Crippen LogP contribution is 2.37. The Morgan fingerprint density at radius 2 is 1.82 bits per heavy atom. The van der Waals surface area contributed by atoms with Gasteiger partial charge >= 0.3 is 0 Å². The van der Waals surface area contributed by atoms with Gasteiger partial charge in [-0.2, -0.15) is 0 Å². The number of rotatable bonds is 7. The molecule has 3 atom stereocenters. The van der Waals surface area contributed by atoms with E-state index in [-0.39, 0.29) is 12.4 Å². The molecule has 0 spiro atoms. The Kier molecular flexibility index (Phi) is 7.69. The van der Waals surface area contributed by atoms with Crippen LogP contribution in [0.1, 0.15) is 32.1 Å². The Morgan fingerprint density at radius 1 is 1.03 bits per heavy atom. The Labute approximate surface area is 209 Å². The monoisotopic (exact) mass is 508 g/mol. The number of anilines is 2. The second-order valence-electron chi connectivity index (χ2n) is 8.61. The van der Waals surface area contributed by atoms with Crippen molar-refractivity contribution in [3.8, 4) is 11.5 Å². The van der Waals surface area contributed by atoms with Gasteiger partial charge in [-0.25, -0.2) is 9.97 Å². The van der Waals surface area contributed by atoms with Crippen molar-refractivity contribution < 1.29 is 9.47 Å². The van der Waals surface area contributed by atoms with E-state index in [1.165, 1.54) is 32.0 Å². The van der Waals surface area contributed by atoms with E-state index in [1.807, 2.05) is 18.2 Å². The van der Waals surface area contributed by atoms with Gasteiger partial charge in [-0.15, -0.1) is 12.4 Å². The maximum Gasteiger partial charge on any atom is 0.163 e. The lowest BCUT2D eigenvalue weighted by molar-refractivity contribution is 0.222. The van der Waals surface area contributed by atoms with Crippen LogP contribution in [0.25, 0.3) is 10.9 Å². The smallest absolute Gasteiger partial charge is 0.163 e. The van der Waals surface area contributed by atoms with E-state index >= 15 is 0 Å². The topological polar surface area (TPSA) is 68.3 Å². The number of hydrogen-bond donors (Lipinski definition) is 2. The fourth-order valence-corrected chi connectivity index (χ4v) is 5.19. The normalized spacial score (nSPS) is 21.5. The first-order valence-electron chi connectivity index (χ1n) is 11.0. The van der Waals surface area contributed by atoms with Crippen LogP contribution in [0, 0.1) is 5.92 Å². The van der Waals surface area contributed by atoms with Crippen molar-refractivity contribution in [3.63, 3.8) is 0 Å². The van der Waals surface area contributed by atoms with Crippen LogP contribution in [0.2, 0.25) is 10.0 Å². The second-order valence-corrected chi connectivity index (χ2v) is 9.42. The molecule has 3 heterocycles. The number of aromatic nitrogens is 2. The van der Waals surface area contributed by atoms with Gasteiger partial charge in [0.2, 0.25) is 0 Å². The van der Waals surface area contributed by atoms with Crippen LogP contribution >= 0.6 is 35.6 Å². The minimum Gasteiger partial charge on any atom is -0.493 e. The molecule has 2 N–H and O–H groups in total. The molecule has 2 aliphatic heterocycles. The predicted octanol–water partition coefficient (Wildman–Crippen LogP) is 6.41. The number of fused-ring (bicyclic) bond motifs is 3. The van der Waals surface area contributed by atoms with Gasteiger partial charge in [0.05, 0.1) is 29.3 Å². The van der Waals surface area contributed by atoms with Crippen LogP contribution in [0.4, 0.5) is 11.5 Å². The van der Waals surface area contributed by atoms with Crippen LogP contribution in [0.3, 0.4) is 0 Å². The molecule has 2 bridgehead atoms. The number of nitrogens with zero attached hydrogens (tertiary/aromatic N) is 2. The molecule has 0 saturated carbocycles. The van der Waals surface area contributed by atoms with Crippen molar-refractivity contribution in [1.82, 2.24) is 15.3 Å². The average Bonchev–Trinajstić information content (AvgIpc) is 3.14. The van der Waals surface area contributed by atoms with Crippen LogP contribution in [0.5, 0.6) is 11.5 Å². The SMILES string of the molecule is COc1cc2c(Nc3ccc(Cl)c(Cl)c3)ncnc2cc1OCC[C@H]1C[C@H]2CC[C@@H](C1)N2.Cl. The van der Waals surface area contributed by atoms with Crippen molar-refractivity contribution in [1.29, 1.82) is 0 Å². The largest absolute Gasteiger partial charge is 0.493 e. The zero-order chi connectivity index (χ0) is 22.1. The number of piperidine rings is 1. The molecule has 0 amide bonds. The van der Waals surface area contributed by atoms with Crippen molar-refractivity contribution in [2.75, 3.05) is 19.0 Å². The van der Waals surface area contributed by atoms with E-state index < -0.39 is 0 Å². The second kappa shape index (κ2) is 10.5. The van der Waals surface area contributed by atoms with Crippen LogP contribution in [-0.2, 0) is 0 Å². The first kappa shape index (κ1) is 24.1. The number of benzene rings is 2. The van der Waals surface area contributed by atoms with E-state index in [4.69, 9.17) is 32.7 Å². The van der Waals surface area contributed by atoms with Gasteiger partial charge in [0.25, 0.3) is 0 Å². The highest BCUT2D eigenvalue weighted by molar-refractivity contribution is 6.42. The first-order chi connectivity index (χ1) is 15.6. The minimum absolute atomic E-state index is 0. The molecule has 176 valence electrons. The van der Waals surface area contributed by atoms with E-state index in [9.17, 15) is 0 Å². The highest BCUT2D eigenvalue weighted by Gasteiger charge is 2.33. The van der Waals surface area contributed by atoms with Gasteiger partial charge in [0.15, 0.2) is 11.5 Å². The fraction of sp³-hybridized carbons (Fsp3) is 0.417. The standard InChI is InChI=1S/C24H26Cl2N4O2.ClH/c1-31-22-11-18-21(27-13-28-24(18)30-17-4-5-19(25)20(26)10-17)12-23(22)32-7-6-14-8-15-2-3-16(9-14)29-15;/h4-5,10-16,29H,2-3,6-9H2,1H3,(H,27,28,30);1H/t14-,15+,16-;. The summed E-state index contributed by atoms with van der Waals surface area (Å²) in [6, 6.07) is 10.6. The molecular formula is C24H27Cl3N4O2. The zero-order valence-electron chi connectivity index (χ0n) is 18.3. The molecule has 2 aliphatic rings. The molecule has 2 aromatic carbocycles. The quantitative estimate of drug-likeness (QED) is 0.383. The predicted molar refractivity (Wildman–Crippen MR) is 136 cm³/mol. The molecule has 0 radical (unpaired) electrons. The van der Waals surface area contributed by atoms with Gasteiger partial charge in [0, 0.05) is 29.2 Å². The number of nitrogens with one attached hydrogen (secondary N) is 2. The molecule has 1 aromatic heterocycles. The third-order valence-corrected chi connectivity index (χ3v) is 7.20. The summed E-state index contributed by atoms with van der Waals surface area (Å²) in [7, 11) is 1.65. The Bertz CT molecular complexity index is 1120. The number of methoxy groups -OCH3 is 1. The van der Waals surface area contributed by atoms with Crippen LogP contribution in [0.15, 0.2) is 36.7 Å². The Balaban J connectivity index is 0.00000259. The van der Waals surface area contributed by atoms with Crippen LogP contribution in [-0.4, -0.2) is 35.8 Å². The summed E-state index contributed by atoms with van der Waals surface area (Å²) in [5, 5.41) is 8.80. The molecule has 33 heavy (non-hydrogen) atoms. The average molecular weight is 510 g/mol. The van der Waals surface area contributed by atoms with Gasteiger partial charge in [-0.1, -0.05) is 23.2 Å². The van der Waals surface area contributed by atoms with Gasteiger partial charge in [-0.3, -0.25) is 0 Å². The van der Waals surface area contributed by atoms with E-state index in [0.29, 0.717) is 46.1 Å². The summed E-state index contributed by atoms with van der Waals surface area (Å²) >= 11 is 12.2. The van der Waals surface area contributed by atoms with E-state index in [1.54, 1.807) is 19.2 Å². The molecule has 0 unspecified atom stereocenters. The van der Waals surface area contributed by atoms with Gasteiger partial charge < -0.3 is 20.1 Å². The van der Waals surface area contributed by atoms with Gasteiger partial charge in [0.1, 0.15) is 12.1 Å². The maximum atomic E-state index is 6.16. The molecule has 0 aliphatic carbocycles. The molecule has 3 aromatic rings. The van der Waals surface area contributed by atoms with Crippen LogP contribution < -0.4 is 20.1 Å². The lowest BCUT2D eigenvalue weighted by Crippen LogP contribution is -2.38. The fourth-order valence-electron chi connectivity index (χ4n) is 4.89. The lowest BCUT2D eigenvalue weighted by Gasteiger charge is -2.29. The van der Waals surface area contributed by atoms with Crippen molar-refractivity contribution in [2.24, 2.45) is 5.92 Å². The van der Waals surface area contributed by atoms with Crippen molar-refractivity contribution >= 4 is 58.0 Å². The molecule has 9 heteroatoms. The van der Waals surface area contributed by atoms with E-state index in [0.717, 1.165) is 28.9 Å². The number of halogens is 3.